The molecule has 120 valence electrons. The van der Waals surface area contributed by atoms with Gasteiger partial charge in [0.25, 0.3) is 0 Å². The molecule has 0 atom stereocenters. The van der Waals surface area contributed by atoms with Crippen LogP contribution in [0.5, 0.6) is 17.2 Å². The lowest BCUT2D eigenvalue weighted by molar-refractivity contribution is 0.259. The quantitative estimate of drug-likeness (QED) is 0.718. The van der Waals surface area contributed by atoms with Gasteiger partial charge in [-0.3, -0.25) is 0 Å². The molecule has 0 unspecified atom stereocenters. The van der Waals surface area contributed by atoms with Gasteiger partial charge in [0, 0.05) is 19.6 Å². The molecule has 1 aromatic carbocycles. The van der Waals surface area contributed by atoms with E-state index in [0.717, 1.165) is 30.2 Å². The summed E-state index contributed by atoms with van der Waals surface area (Å²) in [4.78, 5) is 2.17. The Morgan fingerprint density at radius 1 is 0.952 bits per heavy atom. The van der Waals surface area contributed by atoms with E-state index in [1.807, 2.05) is 40.0 Å². The predicted octanol–water partition coefficient (Wildman–Crippen LogP) is 2.27. The zero-order valence-corrected chi connectivity index (χ0v) is 13.6. The Morgan fingerprint density at radius 2 is 1.48 bits per heavy atom. The maximum absolute atomic E-state index is 5.71. The van der Waals surface area contributed by atoms with Crippen LogP contribution in [-0.4, -0.2) is 44.9 Å². The minimum absolute atomic E-state index is 0.576. The SMILES string of the molecule is CCOc1cc(CN(C)CCN)cc(OCC)c1OCC. The molecule has 2 N–H and O–H groups in total. The second-order valence-corrected chi connectivity index (χ2v) is 4.75. The minimum Gasteiger partial charge on any atom is -0.490 e. The molecule has 21 heavy (non-hydrogen) atoms. The van der Waals surface area contributed by atoms with Gasteiger partial charge >= 0.3 is 0 Å². The zero-order chi connectivity index (χ0) is 15.7. The third kappa shape index (κ3) is 5.44. The molecule has 0 heterocycles. The molecule has 0 fully saturated rings. The fourth-order valence-corrected chi connectivity index (χ4v) is 2.15. The van der Waals surface area contributed by atoms with E-state index in [0.29, 0.717) is 32.1 Å². The highest BCUT2D eigenvalue weighted by Gasteiger charge is 2.15. The van der Waals surface area contributed by atoms with Crippen LogP contribution in [0.25, 0.3) is 0 Å². The maximum Gasteiger partial charge on any atom is 0.203 e. The number of benzene rings is 1. The van der Waals surface area contributed by atoms with Crippen LogP contribution >= 0.6 is 0 Å². The van der Waals surface area contributed by atoms with Gasteiger partial charge in [0.2, 0.25) is 5.75 Å². The van der Waals surface area contributed by atoms with E-state index in [2.05, 4.69) is 4.90 Å². The second kappa shape index (κ2) is 9.47. The molecule has 0 aliphatic rings. The fraction of sp³-hybridized carbons (Fsp3) is 0.625. The van der Waals surface area contributed by atoms with Gasteiger partial charge in [0.1, 0.15) is 0 Å². The van der Waals surface area contributed by atoms with Crippen LogP contribution in [0, 0.1) is 0 Å². The Kier molecular flexibility index (Phi) is 7.93. The van der Waals surface area contributed by atoms with Crippen LogP contribution in [0.15, 0.2) is 12.1 Å². The van der Waals surface area contributed by atoms with Crippen molar-refractivity contribution in [1.82, 2.24) is 4.90 Å². The van der Waals surface area contributed by atoms with E-state index in [9.17, 15) is 0 Å². The highest BCUT2D eigenvalue weighted by molar-refractivity contribution is 5.54. The molecular weight excluding hydrogens is 268 g/mol. The average molecular weight is 296 g/mol. The molecule has 1 aromatic rings. The van der Waals surface area contributed by atoms with Crippen molar-refractivity contribution in [2.75, 3.05) is 40.0 Å². The first kappa shape index (κ1) is 17.6. The summed E-state index contributed by atoms with van der Waals surface area (Å²) in [5.41, 5.74) is 6.72. The Balaban J connectivity index is 3.09. The van der Waals surface area contributed by atoms with Gasteiger partial charge in [-0.05, 0) is 45.5 Å². The van der Waals surface area contributed by atoms with Crippen LogP contribution in [-0.2, 0) is 6.54 Å². The molecule has 5 nitrogen and oxygen atoms in total. The van der Waals surface area contributed by atoms with E-state index in [4.69, 9.17) is 19.9 Å². The summed E-state index contributed by atoms with van der Waals surface area (Å²) in [6, 6.07) is 4.04. The van der Waals surface area contributed by atoms with E-state index in [-0.39, 0.29) is 0 Å². The van der Waals surface area contributed by atoms with Crippen molar-refractivity contribution in [2.24, 2.45) is 5.73 Å². The molecule has 5 heteroatoms. The summed E-state index contributed by atoms with van der Waals surface area (Å²) in [6.45, 7) is 9.92. The van der Waals surface area contributed by atoms with Gasteiger partial charge < -0.3 is 24.8 Å². The van der Waals surface area contributed by atoms with Gasteiger partial charge in [-0.15, -0.1) is 0 Å². The summed E-state index contributed by atoms with van der Waals surface area (Å²) in [5, 5.41) is 0. The first-order chi connectivity index (χ1) is 10.2. The lowest BCUT2D eigenvalue weighted by Gasteiger charge is -2.20. The van der Waals surface area contributed by atoms with Gasteiger partial charge in [-0.2, -0.15) is 0 Å². The Labute approximate surface area is 128 Å². The van der Waals surface area contributed by atoms with Crippen LogP contribution in [0.2, 0.25) is 0 Å². The molecule has 0 aliphatic carbocycles. The number of nitrogens with zero attached hydrogens (tertiary/aromatic N) is 1. The van der Waals surface area contributed by atoms with Crippen molar-refractivity contribution in [3.63, 3.8) is 0 Å². The number of ether oxygens (including phenoxy) is 3. The third-order valence-corrected chi connectivity index (χ3v) is 2.93. The number of hydrogen-bond donors (Lipinski definition) is 1. The monoisotopic (exact) mass is 296 g/mol. The highest BCUT2D eigenvalue weighted by Crippen LogP contribution is 2.39. The lowest BCUT2D eigenvalue weighted by atomic mass is 10.1. The van der Waals surface area contributed by atoms with Crippen LogP contribution < -0.4 is 19.9 Å². The molecule has 0 spiro atoms. The maximum atomic E-state index is 5.71. The fourth-order valence-electron chi connectivity index (χ4n) is 2.15. The van der Waals surface area contributed by atoms with Crippen LogP contribution in [0.4, 0.5) is 0 Å². The molecule has 0 bridgehead atoms. The summed E-state index contributed by atoms with van der Waals surface area (Å²) in [7, 11) is 2.05. The van der Waals surface area contributed by atoms with Crippen molar-refractivity contribution in [3.05, 3.63) is 17.7 Å². The molecule has 0 amide bonds. The predicted molar refractivity (Wildman–Crippen MR) is 85.3 cm³/mol. The molecule has 0 saturated heterocycles. The molecular formula is C16H28N2O3. The molecule has 0 saturated carbocycles. The first-order valence-electron chi connectivity index (χ1n) is 7.60. The van der Waals surface area contributed by atoms with Crippen molar-refractivity contribution >= 4 is 0 Å². The van der Waals surface area contributed by atoms with Gasteiger partial charge in [0.05, 0.1) is 19.8 Å². The Hall–Kier alpha value is -1.46. The van der Waals surface area contributed by atoms with Gasteiger partial charge in [0.15, 0.2) is 11.5 Å². The third-order valence-electron chi connectivity index (χ3n) is 2.93. The van der Waals surface area contributed by atoms with Gasteiger partial charge in [-0.1, -0.05) is 0 Å². The minimum atomic E-state index is 0.576. The van der Waals surface area contributed by atoms with E-state index in [1.54, 1.807) is 0 Å². The summed E-state index contributed by atoms with van der Waals surface area (Å²) < 4.78 is 17.1. The largest absolute Gasteiger partial charge is 0.490 e. The van der Waals surface area contributed by atoms with E-state index in [1.165, 1.54) is 0 Å². The van der Waals surface area contributed by atoms with Crippen molar-refractivity contribution in [1.29, 1.82) is 0 Å². The normalized spacial score (nSPS) is 10.8. The van der Waals surface area contributed by atoms with E-state index < -0.39 is 0 Å². The molecule has 0 aliphatic heterocycles. The van der Waals surface area contributed by atoms with E-state index >= 15 is 0 Å². The summed E-state index contributed by atoms with van der Waals surface area (Å²) in [6.07, 6.45) is 0. The average Bonchev–Trinajstić information content (AvgIpc) is 2.43. The van der Waals surface area contributed by atoms with Crippen LogP contribution in [0.1, 0.15) is 26.3 Å². The zero-order valence-electron chi connectivity index (χ0n) is 13.6. The van der Waals surface area contributed by atoms with Gasteiger partial charge in [-0.25, -0.2) is 0 Å². The van der Waals surface area contributed by atoms with Crippen LogP contribution in [0.3, 0.4) is 0 Å². The number of nitrogens with two attached hydrogens (primary N) is 1. The summed E-state index contributed by atoms with van der Waals surface area (Å²) >= 11 is 0. The standard InChI is InChI=1S/C16H28N2O3/c1-5-19-14-10-13(12-18(4)9-8-17)11-15(20-6-2)16(14)21-7-3/h10-11H,5-9,12,17H2,1-4H3. The lowest BCUT2D eigenvalue weighted by Crippen LogP contribution is -2.25. The topological polar surface area (TPSA) is 57.0 Å². The molecule has 1 rings (SSSR count). The van der Waals surface area contributed by atoms with Crippen molar-refractivity contribution in [3.8, 4) is 17.2 Å². The number of rotatable bonds is 10. The summed E-state index contributed by atoms with van der Waals surface area (Å²) in [5.74, 6) is 2.16. The second-order valence-electron chi connectivity index (χ2n) is 4.75. The highest BCUT2D eigenvalue weighted by atomic mass is 16.5. The first-order valence-corrected chi connectivity index (χ1v) is 7.60. The number of likely N-dealkylation sites (N-methyl/N-ethyl adjacent to an activating group) is 1. The molecule has 0 aromatic heterocycles. The molecule has 0 radical (unpaired) electrons. The smallest absolute Gasteiger partial charge is 0.203 e. The Bertz CT molecular complexity index is 397. The van der Waals surface area contributed by atoms with Crippen molar-refractivity contribution < 1.29 is 14.2 Å². The Morgan fingerprint density at radius 3 is 1.90 bits per heavy atom. The van der Waals surface area contributed by atoms with Crippen molar-refractivity contribution in [2.45, 2.75) is 27.3 Å². The number of hydrogen-bond acceptors (Lipinski definition) is 5.